The quantitative estimate of drug-likeness (QED) is 0.678. The Morgan fingerprint density at radius 3 is 2.33 bits per heavy atom. The second kappa shape index (κ2) is 7.44. The standard InChI is InChI=1S/C17H11F4N3O3/c18-12-5-7-13(8-6-12)26-9-14(25)22-16-24-23-15(27-16)10-1-3-11(4-2-10)17(19,20)21/h1-8H,9H2,(H,22,24,25). The average molecular weight is 381 g/mol. The third kappa shape index (κ3) is 4.81. The molecule has 0 fully saturated rings. The summed E-state index contributed by atoms with van der Waals surface area (Å²) < 4.78 is 60.8. The largest absolute Gasteiger partial charge is 0.484 e. The number of nitrogens with one attached hydrogen (secondary N) is 1. The Hall–Kier alpha value is -3.43. The van der Waals surface area contributed by atoms with Crippen molar-refractivity contribution < 1.29 is 31.5 Å². The SMILES string of the molecule is O=C(COc1ccc(F)cc1)Nc1nnc(-c2ccc(C(F)(F)F)cc2)o1. The van der Waals surface area contributed by atoms with Crippen molar-refractivity contribution in [3.63, 3.8) is 0 Å². The smallest absolute Gasteiger partial charge is 0.416 e. The molecule has 0 radical (unpaired) electrons. The van der Waals surface area contributed by atoms with E-state index >= 15 is 0 Å². The van der Waals surface area contributed by atoms with Crippen molar-refractivity contribution in [2.45, 2.75) is 6.18 Å². The van der Waals surface area contributed by atoms with Crippen molar-refractivity contribution in [3.05, 3.63) is 59.9 Å². The third-order valence-corrected chi connectivity index (χ3v) is 3.31. The van der Waals surface area contributed by atoms with Crippen LogP contribution in [0.5, 0.6) is 5.75 Å². The zero-order valence-electron chi connectivity index (χ0n) is 13.5. The van der Waals surface area contributed by atoms with Crippen LogP contribution in [0.3, 0.4) is 0 Å². The molecule has 10 heteroatoms. The van der Waals surface area contributed by atoms with E-state index in [1.807, 2.05) is 0 Å². The first-order valence-corrected chi connectivity index (χ1v) is 7.50. The lowest BCUT2D eigenvalue weighted by Gasteiger charge is -2.06. The maximum absolute atomic E-state index is 12.8. The lowest BCUT2D eigenvalue weighted by Crippen LogP contribution is -2.20. The van der Waals surface area contributed by atoms with Crippen molar-refractivity contribution in [1.29, 1.82) is 0 Å². The van der Waals surface area contributed by atoms with Gasteiger partial charge in [-0.3, -0.25) is 10.1 Å². The molecule has 0 saturated heterocycles. The first-order chi connectivity index (χ1) is 12.8. The summed E-state index contributed by atoms with van der Waals surface area (Å²) in [4.78, 5) is 11.8. The molecule has 6 nitrogen and oxygen atoms in total. The van der Waals surface area contributed by atoms with Crippen LogP contribution in [0, 0.1) is 5.82 Å². The van der Waals surface area contributed by atoms with Crippen LogP contribution < -0.4 is 10.1 Å². The lowest BCUT2D eigenvalue weighted by molar-refractivity contribution is -0.137. The summed E-state index contributed by atoms with van der Waals surface area (Å²) in [6.07, 6.45) is -4.45. The van der Waals surface area contributed by atoms with Gasteiger partial charge < -0.3 is 9.15 Å². The molecule has 0 saturated carbocycles. The van der Waals surface area contributed by atoms with Gasteiger partial charge in [0.2, 0.25) is 5.89 Å². The number of halogens is 4. The maximum atomic E-state index is 12.8. The number of hydrogen-bond acceptors (Lipinski definition) is 5. The van der Waals surface area contributed by atoms with Gasteiger partial charge in [-0.15, -0.1) is 5.10 Å². The van der Waals surface area contributed by atoms with Crippen molar-refractivity contribution in [3.8, 4) is 17.2 Å². The highest BCUT2D eigenvalue weighted by molar-refractivity contribution is 5.89. The summed E-state index contributed by atoms with van der Waals surface area (Å²) in [5.41, 5.74) is -0.546. The summed E-state index contributed by atoms with van der Waals surface area (Å²) in [5.74, 6) is -0.809. The van der Waals surface area contributed by atoms with Crippen molar-refractivity contribution in [2.75, 3.05) is 11.9 Å². The number of ether oxygens (including phenoxy) is 1. The Labute approximate surface area is 149 Å². The van der Waals surface area contributed by atoms with E-state index in [-0.39, 0.29) is 24.1 Å². The van der Waals surface area contributed by atoms with E-state index in [1.165, 1.54) is 36.4 Å². The second-order valence-electron chi connectivity index (χ2n) is 5.28. The molecule has 1 heterocycles. The molecular weight excluding hydrogens is 370 g/mol. The monoisotopic (exact) mass is 381 g/mol. The fourth-order valence-corrected chi connectivity index (χ4v) is 2.03. The van der Waals surface area contributed by atoms with Gasteiger partial charge in [-0.25, -0.2) is 4.39 Å². The normalized spacial score (nSPS) is 11.3. The number of carbonyl (C=O) groups excluding carboxylic acids is 1. The highest BCUT2D eigenvalue weighted by Crippen LogP contribution is 2.30. The van der Waals surface area contributed by atoms with Gasteiger partial charge in [0.15, 0.2) is 6.61 Å². The summed E-state index contributed by atoms with van der Waals surface area (Å²) in [6, 6.07) is 8.97. The Morgan fingerprint density at radius 1 is 1.04 bits per heavy atom. The molecule has 1 amide bonds. The molecule has 0 atom stereocenters. The molecule has 0 bridgehead atoms. The third-order valence-electron chi connectivity index (χ3n) is 3.31. The summed E-state index contributed by atoms with van der Waals surface area (Å²) in [5, 5.41) is 9.55. The number of anilines is 1. The fraction of sp³-hybridized carbons (Fsp3) is 0.118. The van der Waals surface area contributed by atoms with Gasteiger partial charge in [-0.1, -0.05) is 5.10 Å². The topological polar surface area (TPSA) is 77.2 Å². The van der Waals surface area contributed by atoms with E-state index in [9.17, 15) is 22.4 Å². The Morgan fingerprint density at radius 2 is 1.70 bits per heavy atom. The molecule has 27 heavy (non-hydrogen) atoms. The number of aromatic nitrogens is 2. The molecule has 0 aliphatic rings. The number of carbonyl (C=O) groups is 1. The lowest BCUT2D eigenvalue weighted by atomic mass is 10.1. The number of hydrogen-bond donors (Lipinski definition) is 1. The van der Waals surface area contributed by atoms with Crippen LogP contribution in [0.15, 0.2) is 52.9 Å². The van der Waals surface area contributed by atoms with Gasteiger partial charge >= 0.3 is 12.2 Å². The van der Waals surface area contributed by atoms with Gasteiger partial charge in [0.05, 0.1) is 5.56 Å². The summed E-state index contributed by atoms with van der Waals surface area (Å²) in [6.45, 7) is -0.385. The fourth-order valence-electron chi connectivity index (χ4n) is 2.03. The van der Waals surface area contributed by atoms with Gasteiger partial charge in [0.25, 0.3) is 5.91 Å². The Kier molecular flexibility index (Phi) is 5.06. The number of rotatable bonds is 5. The Bertz CT molecular complexity index is 922. The summed E-state index contributed by atoms with van der Waals surface area (Å²) in [7, 11) is 0. The van der Waals surface area contributed by atoms with E-state index < -0.39 is 23.5 Å². The number of benzene rings is 2. The van der Waals surface area contributed by atoms with Crippen LogP contribution in [0.2, 0.25) is 0 Å². The van der Waals surface area contributed by atoms with Crippen LogP contribution in [0.4, 0.5) is 23.6 Å². The minimum absolute atomic E-state index is 0.0570. The highest BCUT2D eigenvalue weighted by Gasteiger charge is 2.30. The van der Waals surface area contributed by atoms with Gasteiger partial charge in [-0.2, -0.15) is 13.2 Å². The summed E-state index contributed by atoms with van der Waals surface area (Å²) >= 11 is 0. The van der Waals surface area contributed by atoms with Crippen LogP contribution in [0.25, 0.3) is 11.5 Å². The molecular formula is C17H11F4N3O3. The van der Waals surface area contributed by atoms with Crippen LogP contribution in [-0.2, 0) is 11.0 Å². The van der Waals surface area contributed by atoms with E-state index in [0.717, 1.165) is 12.1 Å². The molecule has 140 valence electrons. The maximum Gasteiger partial charge on any atom is 0.416 e. The Balaban J connectivity index is 1.58. The number of alkyl halides is 3. The minimum atomic E-state index is -4.45. The average Bonchev–Trinajstić information content (AvgIpc) is 3.09. The van der Waals surface area contributed by atoms with Crippen molar-refractivity contribution >= 4 is 11.9 Å². The zero-order valence-corrected chi connectivity index (χ0v) is 13.5. The molecule has 0 aliphatic heterocycles. The molecule has 1 N–H and O–H groups in total. The molecule has 0 unspecified atom stereocenters. The van der Waals surface area contributed by atoms with Crippen LogP contribution >= 0.6 is 0 Å². The number of nitrogens with zero attached hydrogens (tertiary/aromatic N) is 2. The van der Waals surface area contributed by atoms with E-state index in [2.05, 4.69) is 15.5 Å². The molecule has 1 aromatic heterocycles. The van der Waals surface area contributed by atoms with E-state index in [1.54, 1.807) is 0 Å². The van der Waals surface area contributed by atoms with Crippen LogP contribution in [0.1, 0.15) is 5.56 Å². The van der Waals surface area contributed by atoms with Crippen LogP contribution in [-0.4, -0.2) is 22.7 Å². The minimum Gasteiger partial charge on any atom is -0.484 e. The predicted octanol–water partition coefficient (Wildman–Crippen LogP) is 3.91. The van der Waals surface area contributed by atoms with E-state index in [4.69, 9.17) is 9.15 Å². The van der Waals surface area contributed by atoms with E-state index in [0.29, 0.717) is 5.75 Å². The molecule has 0 spiro atoms. The first-order valence-electron chi connectivity index (χ1n) is 7.50. The molecule has 3 aromatic rings. The molecule has 2 aromatic carbocycles. The predicted molar refractivity (Wildman–Crippen MR) is 85.3 cm³/mol. The van der Waals surface area contributed by atoms with Gasteiger partial charge in [-0.05, 0) is 48.5 Å². The first kappa shape index (κ1) is 18.4. The molecule has 0 aliphatic carbocycles. The molecule has 3 rings (SSSR count). The highest BCUT2D eigenvalue weighted by atomic mass is 19.4. The van der Waals surface area contributed by atoms with Crippen molar-refractivity contribution in [1.82, 2.24) is 10.2 Å². The van der Waals surface area contributed by atoms with Crippen molar-refractivity contribution in [2.24, 2.45) is 0 Å². The van der Waals surface area contributed by atoms with Gasteiger partial charge in [0.1, 0.15) is 11.6 Å². The van der Waals surface area contributed by atoms with Gasteiger partial charge in [0, 0.05) is 5.56 Å². The number of amides is 1. The second-order valence-corrected chi connectivity index (χ2v) is 5.28. The zero-order chi connectivity index (χ0) is 19.4.